The van der Waals surface area contributed by atoms with E-state index in [1.54, 1.807) is 0 Å². The van der Waals surface area contributed by atoms with E-state index in [4.69, 9.17) is 4.74 Å². The first-order valence-corrected chi connectivity index (χ1v) is 7.78. The van der Waals surface area contributed by atoms with Crippen LogP contribution in [0.25, 0.3) is 0 Å². The number of hydrogen-bond acceptors (Lipinski definition) is 4. The van der Waals surface area contributed by atoms with Crippen molar-refractivity contribution in [2.75, 3.05) is 26.7 Å². The second-order valence-electron chi connectivity index (χ2n) is 5.60. The van der Waals surface area contributed by atoms with Gasteiger partial charge in [0.2, 0.25) is 0 Å². The van der Waals surface area contributed by atoms with Gasteiger partial charge >= 0.3 is 0 Å². The number of pyridine rings is 1. The minimum absolute atomic E-state index is 0.554. The Labute approximate surface area is 122 Å². The van der Waals surface area contributed by atoms with Crippen LogP contribution in [0.1, 0.15) is 38.3 Å². The SMILES string of the molecule is CCCNCc1cc(OCC2CCCCN2C)ccn1. The monoisotopic (exact) mass is 277 g/mol. The predicted molar refractivity (Wildman–Crippen MR) is 82.0 cm³/mol. The zero-order valence-corrected chi connectivity index (χ0v) is 12.8. The molecule has 0 spiro atoms. The van der Waals surface area contributed by atoms with E-state index in [1.807, 2.05) is 18.3 Å². The summed E-state index contributed by atoms with van der Waals surface area (Å²) in [5.41, 5.74) is 1.05. The molecule has 1 aromatic rings. The van der Waals surface area contributed by atoms with E-state index in [1.165, 1.54) is 25.8 Å². The van der Waals surface area contributed by atoms with Crippen LogP contribution < -0.4 is 10.1 Å². The summed E-state index contributed by atoms with van der Waals surface area (Å²) in [4.78, 5) is 6.78. The molecule has 1 aromatic heterocycles. The average Bonchev–Trinajstić information content (AvgIpc) is 2.47. The highest BCUT2D eigenvalue weighted by atomic mass is 16.5. The van der Waals surface area contributed by atoms with Gasteiger partial charge in [0.05, 0.1) is 5.69 Å². The molecule has 0 radical (unpaired) electrons. The van der Waals surface area contributed by atoms with Gasteiger partial charge in [-0.05, 0) is 45.5 Å². The van der Waals surface area contributed by atoms with Crippen molar-refractivity contribution in [2.45, 2.75) is 45.2 Å². The zero-order chi connectivity index (χ0) is 14.2. The van der Waals surface area contributed by atoms with Gasteiger partial charge in [0.15, 0.2) is 0 Å². The Bertz CT molecular complexity index is 397. The van der Waals surface area contributed by atoms with E-state index in [9.17, 15) is 0 Å². The van der Waals surface area contributed by atoms with Crippen LogP contribution in [0.2, 0.25) is 0 Å². The van der Waals surface area contributed by atoms with Crippen LogP contribution in [0.4, 0.5) is 0 Å². The van der Waals surface area contributed by atoms with Crippen molar-refractivity contribution < 1.29 is 4.74 Å². The second-order valence-corrected chi connectivity index (χ2v) is 5.60. The van der Waals surface area contributed by atoms with Gasteiger partial charge in [-0.1, -0.05) is 13.3 Å². The minimum atomic E-state index is 0.554. The van der Waals surface area contributed by atoms with Gasteiger partial charge in [-0.25, -0.2) is 0 Å². The maximum absolute atomic E-state index is 5.95. The van der Waals surface area contributed by atoms with E-state index in [0.717, 1.165) is 37.6 Å². The smallest absolute Gasteiger partial charge is 0.122 e. The molecule has 1 N–H and O–H groups in total. The maximum Gasteiger partial charge on any atom is 0.122 e. The fraction of sp³-hybridized carbons (Fsp3) is 0.688. The molecule has 1 saturated heterocycles. The molecule has 1 aliphatic heterocycles. The molecule has 1 atom stereocenters. The van der Waals surface area contributed by atoms with Crippen LogP contribution >= 0.6 is 0 Å². The molecule has 1 fully saturated rings. The van der Waals surface area contributed by atoms with Crippen molar-refractivity contribution in [1.82, 2.24) is 15.2 Å². The Morgan fingerprint density at radius 3 is 3.15 bits per heavy atom. The molecular weight excluding hydrogens is 250 g/mol. The highest BCUT2D eigenvalue weighted by Crippen LogP contribution is 2.17. The van der Waals surface area contributed by atoms with Crippen LogP contribution in [0.3, 0.4) is 0 Å². The van der Waals surface area contributed by atoms with E-state index in [0.29, 0.717) is 6.04 Å². The van der Waals surface area contributed by atoms with Crippen LogP contribution in [0, 0.1) is 0 Å². The molecule has 112 valence electrons. The van der Waals surface area contributed by atoms with Crippen LogP contribution in [0.15, 0.2) is 18.3 Å². The molecule has 20 heavy (non-hydrogen) atoms. The van der Waals surface area contributed by atoms with Crippen molar-refractivity contribution in [3.63, 3.8) is 0 Å². The first kappa shape index (κ1) is 15.3. The topological polar surface area (TPSA) is 37.4 Å². The van der Waals surface area contributed by atoms with Crippen molar-refractivity contribution in [3.8, 4) is 5.75 Å². The summed E-state index contributed by atoms with van der Waals surface area (Å²) in [6.07, 6.45) is 6.86. The maximum atomic E-state index is 5.95. The number of aromatic nitrogens is 1. The lowest BCUT2D eigenvalue weighted by Crippen LogP contribution is -2.40. The molecule has 0 saturated carbocycles. The highest BCUT2D eigenvalue weighted by molar-refractivity contribution is 5.22. The lowest BCUT2D eigenvalue weighted by Gasteiger charge is -2.32. The van der Waals surface area contributed by atoms with Gasteiger partial charge in [0, 0.05) is 24.8 Å². The van der Waals surface area contributed by atoms with Crippen LogP contribution in [-0.2, 0) is 6.54 Å². The normalized spacial score (nSPS) is 20.0. The third-order valence-corrected chi connectivity index (χ3v) is 3.88. The zero-order valence-electron chi connectivity index (χ0n) is 12.8. The average molecular weight is 277 g/mol. The van der Waals surface area contributed by atoms with E-state index in [-0.39, 0.29) is 0 Å². The highest BCUT2D eigenvalue weighted by Gasteiger charge is 2.19. The summed E-state index contributed by atoms with van der Waals surface area (Å²) < 4.78 is 5.95. The minimum Gasteiger partial charge on any atom is -0.492 e. The van der Waals surface area contributed by atoms with Crippen molar-refractivity contribution in [2.24, 2.45) is 0 Å². The van der Waals surface area contributed by atoms with Gasteiger partial charge < -0.3 is 15.0 Å². The Hall–Kier alpha value is -1.13. The Morgan fingerprint density at radius 1 is 1.45 bits per heavy atom. The summed E-state index contributed by atoms with van der Waals surface area (Å²) in [6.45, 7) is 5.98. The Balaban J connectivity index is 1.81. The van der Waals surface area contributed by atoms with Crippen molar-refractivity contribution >= 4 is 0 Å². The van der Waals surface area contributed by atoms with Gasteiger partial charge in [-0.3, -0.25) is 4.98 Å². The molecule has 2 heterocycles. The third-order valence-electron chi connectivity index (χ3n) is 3.88. The first-order chi connectivity index (χ1) is 9.79. The number of nitrogens with zero attached hydrogens (tertiary/aromatic N) is 2. The molecule has 1 aliphatic rings. The Morgan fingerprint density at radius 2 is 2.35 bits per heavy atom. The summed E-state index contributed by atoms with van der Waals surface area (Å²) >= 11 is 0. The van der Waals surface area contributed by atoms with E-state index < -0.39 is 0 Å². The second kappa shape index (κ2) is 8.22. The largest absolute Gasteiger partial charge is 0.492 e. The van der Waals surface area contributed by atoms with Crippen molar-refractivity contribution in [3.05, 3.63) is 24.0 Å². The number of likely N-dealkylation sites (N-methyl/N-ethyl adjacent to an activating group) is 1. The first-order valence-electron chi connectivity index (χ1n) is 7.78. The number of piperidine rings is 1. The van der Waals surface area contributed by atoms with Crippen molar-refractivity contribution in [1.29, 1.82) is 0 Å². The molecule has 0 aromatic carbocycles. The van der Waals surface area contributed by atoms with Crippen LogP contribution in [-0.4, -0.2) is 42.7 Å². The lowest BCUT2D eigenvalue weighted by atomic mass is 10.0. The Kier molecular flexibility index (Phi) is 6.27. The van der Waals surface area contributed by atoms with Gasteiger partial charge in [0.25, 0.3) is 0 Å². The molecular formula is C16H27N3O. The van der Waals surface area contributed by atoms with Gasteiger partial charge in [-0.2, -0.15) is 0 Å². The fourth-order valence-electron chi connectivity index (χ4n) is 2.58. The summed E-state index contributed by atoms with van der Waals surface area (Å²) in [7, 11) is 2.19. The van der Waals surface area contributed by atoms with E-state index in [2.05, 4.69) is 29.2 Å². The number of rotatable bonds is 7. The molecule has 2 rings (SSSR count). The lowest BCUT2D eigenvalue weighted by molar-refractivity contribution is 0.125. The quantitative estimate of drug-likeness (QED) is 0.777. The van der Waals surface area contributed by atoms with Gasteiger partial charge in [-0.15, -0.1) is 0 Å². The number of likely N-dealkylation sites (tertiary alicyclic amines) is 1. The fourth-order valence-corrected chi connectivity index (χ4v) is 2.58. The molecule has 0 amide bonds. The molecule has 4 heteroatoms. The standard InChI is InChI=1S/C16H27N3O/c1-3-8-17-12-14-11-16(7-9-18-14)20-13-15-6-4-5-10-19(15)2/h7,9,11,15,17H,3-6,8,10,12-13H2,1-2H3. The predicted octanol–water partition coefficient (Wildman–Crippen LogP) is 2.44. The summed E-state index contributed by atoms with van der Waals surface area (Å²) in [6, 6.07) is 4.55. The molecule has 0 bridgehead atoms. The van der Waals surface area contributed by atoms with Crippen LogP contribution in [0.5, 0.6) is 5.75 Å². The third kappa shape index (κ3) is 4.76. The summed E-state index contributed by atoms with van der Waals surface area (Å²) in [5.74, 6) is 0.937. The van der Waals surface area contributed by atoms with E-state index >= 15 is 0 Å². The number of ether oxygens (including phenoxy) is 1. The number of nitrogens with one attached hydrogen (secondary N) is 1. The summed E-state index contributed by atoms with van der Waals surface area (Å²) in [5, 5.41) is 3.36. The molecule has 1 unspecified atom stereocenters. The molecule has 0 aliphatic carbocycles. The van der Waals surface area contributed by atoms with Gasteiger partial charge in [0.1, 0.15) is 12.4 Å². The number of hydrogen-bond donors (Lipinski definition) is 1. The molecule has 4 nitrogen and oxygen atoms in total.